The Kier molecular flexibility index (Phi) is 4.57. The first-order chi connectivity index (χ1) is 8.12. The lowest BCUT2D eigenvalue weighted by molar-refractivity contribution is 0.420. The normalized spacial score (nSPS) is 11.0. The zero-order valence-electron chi connectivity index (χ0n) is 11.3. The molecule has 0 spiro atoms. The van der Waals surface area contributed by atoms with Crippen LogP contribution in [0.4, 0.5) is 5.69 Å². The van der Waals surface area contributed by atoms with Crippen molar-refractivity contribution >= 4 is 5.69 Å². The molecule has 0 aliphatic rings. The fraction of sp³-hybridized carbons (Fsp3) is 0.533. The summed E-state index contributed by atoms with van der Waals surface area (Å²) < 4.78 is 0. The number of anilines is 1. The van der Waals surface area contributed by atoms with Crippen LogP contribution in [-0.2, 0) is 0 Å². The molecule has 0 aromatic heterocycles. The number of hydrogen-bond acceptors (Lipinski definition) is 2. The third-order valence-electron chi connectivity index (χ3n) is 3.81. The molecule has 0 aliphatic heterocycles. The van der Waals surface area contributed by atoms with Gasteiger partial charge in [-0.3, -0.25) is 0 Å². The number of rotatable bonds is 5. The Bertz CT molecular complexity index is 403. The van der Waals surface area contributed by atoms with Gasteiger partial charge in [-0.2, -0.15) is 5.26 Å². The number of nitrogens with zero attached hydrogens (tertiary/aromatic N) is 1. The van der Waals surface area contributed by atoms with E-state index in [1.54, 1.807) is 0 Å². The van der Waals surface area contributed by atoms with E-state index in [9.17, 15) is 0 Å². The molecule has 0 saturated carbocycles. The lowest BCUT2D eigenvalue weighted by Crippen LogP contribution is -2.36. The molecule has 0 unspecified atom stereocenters. The first-order valence-corrected chi connectivity index (χ1v) is 6.40. The van der Waals surface area contributed by atoms with Crippen LogP contribution in [0.1, 0.15) is 51.2 Å². The maximum atomic E-state index is 9.17. The van der Waals surface area contributed by atoms with E-state index in [1.807, 2.05) is 12.1 Å². The average molecular weight is 230 g/mol. The van der Waals surface area contributed by atoms with Crippen molar-refractivity contribution in [2.75, 3.05) is 5.32 Å². The van der Waals surface area contributed by atoms with Crippen LogP contribution in [0.15, 0.2) is 18.2 Å². The van der Waals surface area contributed by atoms with Crippen molar-refractivity contribution in [1.29, 1.82) is 5.26 Å². The van der Waals surface area contributed by atoms with Crippen LogP contribution in [-0.4, -0.2) is 5.54 Å². The molecule has 0 heterocycles. The second kappa shape index (κ2) is 5.72. The smallest absolute Gasteiger partial charge is 0.101 e. The van der Waals surface area contributed by atoms with Crippen LogP contribution in [0.2, 0.25) is 0 Å². The first kappa shape index (κ1) is 13.6. The van der Waals surface area contributed by atoms with Gasteiger partial charge in [-0.05, 0) is 37.8 Å². The van der Waals surface area contributed by atoms with E-state index in [-0.39, 0.29) is 5.54 Å². The quantitative estimate of drug-likeness (QED) is 0.821. The van der Waals surface area contributed by atoms with E-state index in [4.69, 9.17) is 5.26 Å². The monoisotopic (exact) mass is 230 g/mol. The fourth-order valence-electron chi connectivity index (χ4n) is 2.21. The highest BCUT2D eigenvalue weighted by atomic mass is 15.0. The van der Waals surface area contributed by atoms with Crippen LogP contribution in [0.25, 0.3) is 0 Å². The molecule has 0 fully saturated rings. The van der Waals surface area contributed by atoms with Gasteiger partial charge < -0.3 is 5.32 Å². The summed E-state index contributed by atoms with van der Waals surface area (Å²) in [6.45, 7) is 8.65. The lowest BCUT2D eigenvalue weighted by Gasteiger charge is -2.34. The van der Waals surface area contributed by atoms with Crippen LogP contribution < -0.4 is 5.32 Å². The van der Waals surface area contributed by atoms with E-state index >= 15 is 0 Å². The highest BCUT2D eigenvalue weighted by molar-refractivity contribution is 5.63. The van der Waals surface area contributed by atoms with E-state index in [2.05, 4.69) is 45.1 Å². The molecule has 1 aromatic rings. The average Bonchev–Trinajstić information content (AvgIpc) is 2.38. The molecule has 1 rings (SSSR count). The molecule has 0 amide bonds. The molecule has 0 saturated heterocycles. The highest BCUT2D eigenvalue weighted by Gasteiger charge is 2.24. The van der Waals surface area contributed by atoms with Gasteiger partial charge in [0, 0.05) is 5.54 Å². The number of hydrogen-bond donors (Lipinski definition) is 1. The van der Waals surface area contributed by atoms with Gasteiger partial charge in [0.05, 0.1) is 11.3 Å². The summed E-state index contributed by atoms with van der Waals surface area (Å²) in [4.78, 5) is 0. The minimum absolute atomic E-state index is 0.109. The lowest BCUT2D eigenvalue weighted by atomic mass is 9.88. The van der Waals surface area contributed by atoms with E-state index in [0.29, 0.717) is 0 Å². The van der Waals surface area contributed by atoms with Crippen molar-refractivity contribution < 1.29 is 0 Å². The molecule has 0 atom stereocenters. The summed E-state index contributed by atoms with van der Waals surface area (Å²) in [6, 6.07) is 8.13. The molecule has 1 N–H and O–H groups in total. The Hall–Kier alpha value is -1.49. The second-order valence-electron chi connectivity index (χ2n) is 4.58. The second-order valence-corrected chi connectivity index (χ2v) is 4.58. The summed E-state index contributed by atoms with van der Waals surface area (Å²) >= 11 is 0. The van der Waals surface area contributed by atoms with E-state index < -0.39 is 0 Å². The summed E-state index contributed by atoms with van der Waals surface area (Å²) in [7, 11) is 0. The maximum absolute atomic E-state index is 9.17. The van der Waals surface area contributed by atoms with Crippen molar-refractivity contribution in [3.63, 3.8) is 0 Å². The Labute approximate surface area is 105 Å². The minimum atomic E-state index is 0.109. The SMILES string of the molecule is CCC(CC)(CC)Nc1c(C)cccc1C#N. The van der Waals surface area contributed by atoms with Crippen molar-refractivity contribution in [2.24, 2.45) is 0 Å². The van der Waals surface area contributed by atoms with Gasteiger partial charge in [0.15, 0.2) is 0 Å². The third kappa shape index (κ3) is 2.79. The van der Waals surface area contributed by atoms with Crippen LogP contribution in [0.3, 0.4) is 0 Å². The molecular weight excluding hydrogens is 208 g/mol. The first-order valence-electron chi connectivity index (χ1n) is 6.40. The molecule has 0 aliphatic carbocycles. The van der Waals surface area contributed by atoms with Gasteiger partial charge in [0.25, 0.3) is 0 Å². The fourth-order valence-corrected chi connectivity index (χ4v) is 2.21. The van der Waals surface area contributed by atoms with Gasteiger partial charge in [0.1, 0.15) is 6.07 Å². The van der Waals surface area contributed by atoms with Gasteiger partial charge in [-0.15, -0.1) is 0 Å². The zero-order valence-corrected chi connectivity index (χ0v) is 11.3. The van der Waals surface area contributed by atoms with Gasteiger partial charge in [-0.25, -0.2) is 0 Å². The molecule has 2 nitrogen and oxygen atoms in total. The molecular formula is C15H22N2. The number of nitriles is 1. The summed E-state index contributed by atoms with van der Waals surface area (Å²) in [5.41, 5.74) is 2.99. The van der Waals surface area contributed by atoms with Gasteiger partial charge in [0.2, 0.25) is 0 Å². The van der Waals surface area contributed by atoms with E-state index in [0.717, 1.165) is 36.1 Å². The van der Waals surface area contributed by atoms with Crippen LogP contribution in [0.5, 0.6) is 0 Å². The van der Waals surface area contributed by atoms with Crippen molar-refractivity contribution in [1.82, 2.24) is 0 Å². The number of para-hydroxylation sites is 1. The Morgan fingerprint density at radius 2 is 1.76 bits per heavy atom. The summed E-state index contributed by atoms with van der Waals surface area (Å²) in [5, 5.41) is 12.8. The van der Waals surface area contributed by atoms with Gasteiger partial charge >= 0.3 is 0 Å². The highest BCUT2D eigenvalue weighted by Crippen LogP contribution is 2.29. The van der Waals surface area contributed by atoms with Crippen molar-refractivity contribution in [3.8, 4) is 6.07 Å². The molecule has 17 heavy (non-hydrogen) atoms. The molecule has 0 radical (unpaired) electrons. The number of aryl methyl sites for hydroxylation is 1. The predicted octanol–water partition coefficient (Wildman–Crippen LogP) is 4.25. The Balaban J connectivity index is 3.14. The number of nitrogens with one attached hydrogen (secondary N) is 1. The standard InChI is InChI=1S/C15H22N2/c1-5-15(6-2,7-3)17-14-12(4)9-8-10-13(14)11-16/h8-10,17H,5-7H2,1-4H3. The Morgan fingerprint density at radius 1 is 1.18 bits per heavy atom. The third-order valence-corrected chi connectivity index (χ3v) is 3.81. The largest absolute Gasteiger partial charge is 0.378 e. The van der Waals surface area contributed by atoms with Crippen LogP contribution >= 0.6 is 0 Å². The molecule has 0 bridgehead atoms. The molecule has 92 valence electrons. The number of benzene rings is 1. The van der Waals surface area contributed by atoms with E-state index in [1.165, 1.54) is 0 Å². The maximum Gasteiger partial charge on any atom is 0.101 e. The van der Waals surface area contributed by atoms with Crippen molar-refractivity contribution in [3.05, 3.63) is 29.3 Å². The van der Waals surface area contributed by atoms with Gasteiger partial charge in [-0.1, -0.05) is 32.9 Å². The Morgan fingerprint density at radius 3 is 2.24 bits per heavy atom. The minimum Gasteiger partial charge on any atom is -0.378 e. The summed E-state index contributed by atoms with van der Waals surface area (Å²) in [5.74, 6) is 0. The molecule has 2 heteroatoms. The van der Waals surface area contributed by atoms with Crippen LogP contribution in [0, 0.1) is 18.3 Å². The zero-order chi connectivity index (χ0) is 12.9. The van der Waals surface area contributed by atoms with Crippen molar-refractivity contribution in [2.45, 2.75) is 52.5 Å². The summed E-state index contributed by atoms with van der Waals surface area (Å²) in [6.07, 6.45) is 3.21. The molecule has 1 aromatic carbocycles. The topological polar surface area (TPSA) is 35.8 Å². The predicted molar refractivity (Wildman–Crippen MR) is 73.1 cm³/mol.